The predicted octanol–water partition coefficient (Wildman–Crippen LogP) is 1.00. The highest BCUT2D eigenvalue weighted by molar-refractivity contribution is 5.96. The minimum Gasteiger partial charge on any atom is -0.366 e. The second-order valence-electron chi connectivity index (χ2n) is 4.64. The molecule has 104 valence electrons. The Morgan fingerprint density at radius 2 is 2.11 bits per heavy atom. The van der Waals surface area contributed by atoms with Crippen molar-refractivity contribution in [2.24, 2.45) is 17.6 Å². The number of halogens is 1. The average molecular weight is 284 g/mol. The lowest BCUT2D eigenvalue weighted by Crippen LogP contribution is -2.48. The highest BCUT2D eigenvalue weighted by Gasteiger charge is 2.28. The predicted molar refractivity (Wildman–Crippen MR) is 76.4 cm³/mol. The molecule has 1 aromatic carbocycles. The van der Waals surface area contributed by atoms with Gasteiger partial charge in [0.2, 0.25) is 11.8 Å². The zero-order valence-corrected chi connectivity index (χ0v) is 11.5. The number of nitrogens with one attached hydrogen (secondary N) is 2. The molecule has 1 fully saturated rings. The minimum absolute atomic E-state index is 0. The van der Waals surface area contributed by atoms with Gasteiger partial charge in [-0.1, -0.05) is 13.0 Å². The number of anilines is 1. The molecule has 1 atom stereocenters. The van der Waals surface area contributed by atoms with Crippen LogP contribution >= 0.6 is 12.4 Å². The van der Waals surface area contributed by atoms with Crippen molar-refractivity contribution in [1.29, 1.82) is 0 Å². The fourth-order valence-electron chi connectivity index (χ4n) is 1.88. The molecule has 2 amide bonds. The first-order valence-corrected chi connectivity index (χ1v) is 5.99. The number of amides is 2. The zero-order valence-electron chi connectivity index (χ0n) is 10.7. The van der Waals surface area contributed by atoms with E-state index in [1.807, 2.05) is 6.92 Å². The Morgan fingerprint density at radius 3 is 2.63 bits per heavy atom. The van der Waals surface area contributed by atoms with Crippen LogP contribution in [0.4, 0.5) is 5.69 Å². The zero-order chi connectivity index (χ0) is 13.1. The van der Waals surface area contributed by atoms with E-state index in [-0.39, 0.29) is 24.2 Å². The molecule has 0 saturated carbocycles. The molecule has 1 heterocycles. The van der Waals surface area contributed by atoms with Crippen molar-refractivity contribution in [2.45, 2.75) is 6.92 Å². The van der Waals surface area contributed by atoms with Crippen molar-refractivity contribution >= 4 is 29.9 Å². The maximum absolute atomic E-state index is 12.0. The largest absolute Gasteiger partial charge is 0.366 e. The average Bonchev–Trinajstić information content (AvgIpc) is 2.26. The molecule has 1 saturated heterocycles. The van der Waals surface area contributed by atoms with Crippen molar-refractivity contribution in [3.63, 3.8) is 0 Å². The third-order valence-electron chi connectivity index (χ3n) is 3.35. The normalized spacial score (nSPS) is 15.8. The van der Waals surface area contributed by atoms with Gasteiger partial charge in [0.1, 0.15) is 0 Å². The summed E-state index contributed by atoms with van der Waals surface area (Å²) in [5, 5.41) is 5.96. The monoisotopic (exact) mass is 283 g/mol. The Morgan fingerprint density at radius 1 is 1.42 bits per heavy atom. The first-order valence-electron chi connectivity index (χ1n) is 5.99. The number of hydrogen-bond donors (Lipinski definition) is 3. The fraction of sp³-hybridized carbons (Fsp3) is 0.385. The second kappa shape index (κ2) is 6.54. The van der Waals surface area contributed by atoms with Crippen molar-refractivity contribution in [3.05, 3.63) is 29.8 Å². The number of carbonyl (C=O) groups is 2. The first kappa shape index (κ1) is 15.5. The second-order valence-corrected chi connectivity index (χ2v) is 4.64. The maximum Gasteiger partial charge on any atom is 0.248 e. The summed E-state index contributed by atoms with van der Waals surface area (Å²) in [6, 6.07) is 6.66. The van der Waals surface area contributed by atoms with Crippen molar-refractivity contribution in [2.75, 3.05) is 18.4 Å². The Kier molecular flexibility index (Phi) is 5.32. The third kappa shape index (κ3) is 3.68. The molecule has 1 aromatic rings. The van der Waals surface area contributed by atoms with E-state index in [1.165, 1.54) is 0 Å². The van der Waals surface area contributed by atoms with Crippen molar-refractivity contribution < 1.29 is 9.59 Å². The van der Waals surface area contributed by atoms with Crippen LogP contribution in [0.5, 0.6) is 0 Å². The van der Waals surface area contributed by atoms with Gasteiger partial charge in [-0.25, -0.2) is 0 Å². The van der Waals surface area contributed by atoms with Crippen LogP contribution in [0.15, 0.2) is 24.3 Å². The Balaban J connectivity index is 0.00000180. The SMILES string of the molecule is CC(C(=O)Nc1cccc(C(N)=O)c1)C1CNC1.Cl. The van der Waals surface area contributed by atoms with E-state index in [1.54, 1.807) is 24.3 Å². The molecule has 0 aromatic heterocycles. The van der Waals surface area contributed by atoms with Gasteiger partial charge in [-0.2, -0.15) is 0 Å². The number of carbonyl (C=O) groups excluding carboxylic acids is 2. The summed E-state index contributed by atoms with van der Waals surface area (Å²) in [6.45, 7) is 3.69. The number of nitrogens with two attached hydrogens (primary N) is 1. The standard InChI is InChI=1S/C13H17N3O2.ClH/c1-8(10-6-15-7-10)13(18)16-11-4-2-3-9(5-11)12(14)17;/h2-5,8,10,15H,6-7H2,1H3,(H2,14,17)(H,16,18);1H. The van der Waals surface area contributed by atoms with Crippen LogP contribution in [0.2, 0.25) is 0 Å². The summed E-state index contributed by atoms with van der Waals surface area (Å²) in [7, 11) is 0. The van der Waals surface area contributed by atoms with Crippen LogP contribution < -0.4 is 16.4 Å². The van der Waals surface area contributed by atoms with Crippen LogP contribution in [0.1, 0.15) is 17.3 Å². The van der Waals surface area contributed by atoms with Crippen LogP contribution in [0.3, 0.4) is 0 Å². The molecular formula is C13H18ClN3O2. The minimum atomic E-state index is -0.498. The van der Waals surface area contributed by atoms with Gasteiger partial charge in [0.05, 0.1) is 0 Å². The van der Waals surface area contributed by atoms with Crippen LogP contribution in [-0.2, 0) is 4.79 Å². The van der Waals surface area contributed by atoms with Gasteiger partial charge >= 0.3 is 0 Å². The van der Waals surface area contributed by atoms with E-state index >= 15 is 0 Å². The highest BCUT2D eigenvalue weighted by atomic mass is 35.5. The van der Waals surface area contributed by atoms with Gasteiger partial charge in [-0.3, -0.25) is 9.59 Å². The topological polar surface area (TPSA) is 84.2 Å². The molecule has 1 aliphatic rings. The molecule has 0 bridgehead atoms. The lowest BCUT2D eigenvalue weighted by atomic mass is 9.88. The molecule has 6 heteroatoms. The van der Waals surface area contributed by atoms with E-state index in [9.17, 15) is 9.59 Å². The molecule has 0 radical (unpaired) electrons. The summed E-state index contributed by atoms with van der Waals surface area (Å²) in [6.07, 6.45) is 0. The Bertz CT molecular complexity index is 475. The fourth-order valence-corrected chi connectivity index (χ4v) is 1.88. The van der Waals surface area contributed by atoms with E-state index in [2.05, 4.69) is 10.6 Å². The van der Waals surface area contributed by atoms with E-state index in [0.717, 1.165) is 13.1 Å². The lowest BCUT2D eigenvalue weighted by molar-refractivity contribution is -0.121. The van der Waals surface area contributed by atoms with Crippen LogP contribution in [-0.4, -0.2) is 24.9 Å². The van der Waals surface area contributed by atoms with Gasteiger partial charge in [-0.15, -0.1) is 12.4 Å². The number of hydrogen-bond acceptors (Lipinski definition) is 3. The first-order chi connectivity index (χ1) is 8.58. The molecule has 4 N–H and O–H groups in total. The molecule has 2 rings (SSSR count). The summed E-state index contributed by atoms with van der Waals surface area (Å²) >= 11 is 0. The quantitative estimate of drug-likeness (QED) is 0.771. The molecule has 0 spiro atoms. The van der Waals surface area contributed by atoms with Crippen LogP contribution in [0, 0.1) is 11.8 Å². The molecule has 5 nitrogen and oxygen atoms in total. The smallest absolute Gasteiger partial charge is 0.248 e. The molecule has 19 heavy (non-hydrogen) atoms. The molecule has 0 aliphatic carbocycles. The van der Waals surface area contributed by atoms with Crippen molar-refractivity contribution in [1.82, 2.24) is 5.32 Å². The van der Waals surface area contributed by atoms with Gasteiger partial charge in [0.25, 0.3) is 0 Å². The van der Waals surface area contributed by atoms with Crippen molar-refractivity contribution in [3.8, 4) is 0 Å². The van der Waals surface area contributed by atoms with Gasteiger partial charge in [-0.05, 0) is 37.2 Å². The lowest BCUT2D eigenvalue weighted by Gasteiger charge is -2.31. The van der Waals surface area contributed by atoms with E-state index in [0.29, 0.717) is 17.2 Å². The molecule has 1 aliphatic heterocycles. The van der Waals surface area contributed by atoms with Gasteiger partial charge < -0.3 is 16.4 Å². The number of benzene rings is 1. The summed E-state index contributed by atoms with van der Waals surface area (Å²) in [5.74, 6) is -0.168. The number of rotatable bonds is 4. The van der Waals surface area contributed by atoms with E-state index in [4.69, 9.17) is 5.73 Å². The molecule has 1 unspecified atom stereocenters. The summed E-state index contributed by atoms with van der Waals surface area (Å²) in [4.78, 5) is 23.0. The Hall–Kier alpha value is -1.59. The molecular weight excluding hydrogens is 266 g/mol. The summed E-state index contributed by atoms with van der Waals surface area (Å²) in [5.41, 5.74) is 6.19. The van der Waals surface area contributed by atoms with Gasteiger partial charge in [0.15, 0.2) is 0 Å². The van der Waals surface area contributed by atoms with E-state index < -0.39 is 5.91 Å². The van der Waals surface area contributed by atoms with Gasteiger partial charge in [0, 0.05) is 17.2 Å². The number of primary amides is 1. The third-order valence-corrected chi connectivity index (χ3v) is 3.35. The maximum atomic E-state index is 12.0. The summed E-state index contributed by atoms with van der Waals surface area (Å²) < 4.78 is 0. The van der Waals surface area contributed by atoms with Crippen LogP contribution in [0.25, 0.3) is 0 Å². The Labute approximate surface area is 118 Å². The highest BCUT2D eigenvalue weighted by Crippen LogP contribution is 2.18.